The van der Waals surface area contributed by atoms with Gasteiger partial charge < -0.3 is 9.84 Å². The van der Waals surface area contributed by atoms with E-state index in [4.69, 9.17) is 21.4 Å². The van der Waals surface area contributed by atoms with Crippen LogP contribution in [0.15, 0.2) is 23.1 Å². The van der Waals surface area contributed by atoms with Crippen molar-refractivity contribution in [2.45, 2.75) is 11.8 Å². The lowest BCUT2D eigenvalue weighted by Gasteiger charge is -2.20. The molecular formula is C14H18ClNO4S. The van der Waals surface area contributed by atoms with Crippen molar-refractivity contribution in [2.24, 2.45) is 0 Å². The first-order valence-electron chi connectivity index (χ1n) is 6.35. The molecule has 1 aromatic carbocycles. The Balaban J connectivity index is 3.13. The van der Waals surface area contributed by atoms with Crippen LogP contribution in [0, 0.1) is 11.8 Å². The van der Waals surface area contributed by atoms with E-state index in [2.05, 4.69) is 11.8 Å². The Bertz CT molecular complexity index is 634. The second kappa shape index (κ2) is 8.37. The Morgan fingerprint density at radius 3 is 2.67 bits per heavy atom. The van der Waals surface area contributed by atoms with Crippen LogP contribution in [-0.4, -0.2) is 51.2 Å². The van der Waals surface area contributed by atoms with Gasteiger partial charge in [-0.15, -0.1) is 0 Å². The molecule has 0 heterocycles. The van der Waals surface area contributed by atoms with Gasteiger partial charge in [0.15, 0.2) is 0 Å². The average molecular weight is 332 g/mol. The molecule has 0 aliphatic heterocycles. The number of methoxy groups -OCH3 is 1. The Morgan fingerprint density at radius 2 is 2.14 bits per heavy atom. The average Bonchev–Trinajstić information content (AvgIpc) is 2.45. The van der Waals surface area contributed by atoms with E-state index in [1.165, 1.54) is 23.5 Å². The van der Waals surface area contributed by atoms with Gasteiger partial charge in [-0.1, -0.05) is 30.4 Å². The molecule has 7 heteroatoms. The summed E-state index contributed by atoms with van der Waals surface area (Å²) in [5, 5.41) is 8.75. The third-order valence-corrected chi connectivity index (χ3v) is 5.22. The molecule has 1 N–H and O–H groups in total. The summed E-state index contributed by atoms with van der Waals surface area (Å²) < 4.78 is 31.3. The van der Waals surface area contributed by atoms with Gasteiger partial charge in [-0.3, -0.25) is 0 Å². The standard InChI is InChI=1S/C14H18ClNO4S/c1-3-16(8-10-20-2)21(18,19)14-7-6-12(5-4-9-17)11-13(14)15/h6-7,11,17H,3,8-10H2,1-2H3. The molecule has 0 saturated carbocycles. The van der Waals surface area contributed by atoms with E-state index in [0.29, 0.717) is 18.7 Å². The first-order chi connectivity index (χ1) is 9.97. The number of hydrogen-bond donors (Lipinski definition) is 1. The van der Waals surface area contributed by atoms with Crippen LogP contribution < -0.4 is 0 Å². The predicted octanol–water partition coefficient (Wildman–Crippen LogP) is 1.34. The van der Waals surface area contributed by atoms with Gasteiger partial charge in [-0.05, 0) is 18.2 Å². The number of likely N-dealkylation sites (N-methyl/N-ethyl adjacent to an activating group) is 1. The number of aliphatic hydroxyl groups is 1. The molecule has 21 heavy (non-hydrogen) atoms. The number of sulfonamides is 1. The largest absolute Gasteiger partial charge is 0.384 e. The molecule has 0 radical (unpaired) electrons. The Kier molecular flexibility index (Phi) is 7.15. The van der Waals surface area contributed by atoms with Crippen molar-refractivity contribution in [3.05, 3.63) is 28.8 Å². The molecule has 0 spiro atoms. The third-order valence-electron chi connectivity index (χ3n) is 2.76. The number of halogens is 1. The summed E-state index contributed by atoms with van der Waals surface area (Å²) >= 11 is 6.06. The molecule has 0 unspecified atom stereocenters. The van der Waals surface area contributed by atoms with Crippen molar-refractivity contribution < 1.29 is 18.3 Å². The number of rotatable bonds is 6. The first-order valence-corrected chi connectivity index (χ1v) is 8.17. The normalized spacial score (nSPS) is 11.3. The molecule has 1 rings (SSSR count). The van der Waals surface area contributed by atoms with E-state index in [1.54, 1.807) is 13.0 Å². The SMILES string of the molecule is CCN(CCOC)S(=O)(=O)c1ccc(C#CCO)cc1Cl. The third kappa shape index (κ3) is 4.70. The number of nitrogens with zero attached hydrogens (tertiary/aromatic N) is 1. The van der Waals surface area contributed by atoms with E-state index in [9.17, 15) is 8.42 Å². The zero-order chi connectivity index (χ0) is 15.9. The van der Waals surface area contributed by atoms with Gasteiger partial charge >= 0.3 is 0 Å². The highest BCUT2D eigenvalue weighted by molar-refractivity contribution is 7.89. The minimum atomic E-state index is -3.67. The number of hydrogen-bond acceptors (Lipinski definition) is 4. The molecule has 0 fully saturated rings. The molecule has 0 aliphatic carbocycles. The van der Waals surface area contributed by atoms with Crippen LogP contribution in [0.1, 0.15) is 12.5 Å². The van der Waals surface area contributed by atoms with E-state index in [-0.39, 0.29) is 23.1 Å². The zero-order valence-corrected chi connectivity index (χ0v) is 13.5. The van der Waals surface area contributed by atoms with Crippen molar-refractivity contribution in [1.29, 1.82) is 0 Å². The number of ether oxygens (including phenoxy) is 1. The summed E-state index contributed by atoms with van der Waals surface area (Å²) in [7, 11) is -2.15. The fourth-order valence-electron chi connectivity index (χ4n) is 1.71. The molecule has 116 valence electrons. The first kappa shape index (κ1) is 18.0. The highest BCUT2D eigenvalue weighted by Crippen LogP contribution is 2.25. The van der Waals surface area contributed by atoms with Crippen LogP contribution in [0.2, 0.25) is 5.02 Å². The van der Waals surface area contributed by atoms with Gasteiger partial charge in [-0.25, -0.2) is 8.42 Å². The van der Waals surface area contributed by atoms with Crippen molar-refractivity contribution in [3.8, 4) is 11.8 Å². The van der Waals surface area contributed by atoms with Gasteiger partial charge in [0.2, 0.25) is 10.0 Å². The van der Waals surface area contributed by atoms with E-state index in [0.717, 1.165) is 0 Å². The summed E-state index contributed by atoms with van der Waals surface area (Å²) in [6.07, 6.45) is 0. The Hall–Kier alpha value is -1.10. The van der Waals surface area contributed by atoms with Gasteiger partial charge in [-0.2, -0.15) is 4.31 Å². The topological polar surface area (TPSA) is 66.8 Å². The minimum Gasteiger partial charge on any atom is -0.384 e. The summed E-state index contributed by atoms with van der Waals surface area (Å²) in [5.41, 5.74) is 0.549. The molecule has 0 atom stereocenters. The molecule has 1 aromatic rings. The molecule has 0 bridgehead atoms. The summed E-state index contributed by atoms with van der Waals surface area (Å²) in [6.45, 7) is 2.39. The minimum absolute atomic E-state index is 0.0386. The molecule has 0 saturated heterocycles. The van der Waals surface area contributed by atoms with Gasteiger partial charge in [0.05, 0.1) is 11.6 Å². The monoisotopic (exact) mass is 331 g/mol. The van der Waals surface area contributed by atoms with E-state index >= 15 is 0 Å². The van der Waals surface area contributed by atoms with Crippen LogP contribution in [-0.2, 0) is 14.8 Å². The zero-order valence-electron chi connectivity index (χ0n) is 12.0. The quantitative estimate of drug-likeness (QED) is 0.799. The number of benzene rings is 1. The lowest BCUT2D eigenvalue weighted by molar-refractivity contribution is 0.180. The summed E-state index contributed by atoms with van der Waals surface area (Å²) in [5.74, 6) is 5.16. The van der Waals surface area contributed by atoms with Crippen LogP contribution >= 0.6 is 11.6 Å². The van der Waals surface area contributed by atoms with Crippen molar-refractivity contribution in [2.75, 3.05) is 33.4 Å². The molecule has 0 aliphatic rings. The number of aliphatic hydroxyl groups excluding tert-OH is 1. The fourth-order valence-corrected chi connectivity index (χ4v) is 3.66. The molecule has 5 nitrogen and oxygen atoms in total. The highest BCUT2D eigenvalue weighted by Gasteiger charge is 2.25. The fraction of sp³-hybridized carbons (Fsp3) is 0.429. The lowest BCUT2D eigenvalue weighted by Crippen LogP contribution is -2.33. The Morgan fingerprint density at radius 1 is 1.43 bits per heavy atom. The van der Waals surface area contributed by atoms with Crippen LogP contribution in [0.3, 0.4) is 0 Å². The van der Waals surface area contributed by atoms with Crippen molar-refractivity contribution >= 4 is 21.6 Å². The van der Waals surface area contributed by atoms with Crippen molar-refractivity contribution in [1.82, 2.24) is 4.31 Å². The van der Waals surface area contributed by atoms with E-state index < -0.39 is 10.0 Å². The Labute approximate surface area is 130 Å². The second-order valence-electron chi connectivity index (χ2n) is 4.09. The van der Waals surface area contributed by atoms with Gasteiger partial charge in [0.1, 0.15) is 11.5 Å². The summed E-state index contributed by atoms with van der Waals surface area (Å²) in [4.78, 5) is 0.0386. The molecular weight excluding hydrogens is 314 g/mol. The maximum atomic E-state index is 12.5. The second-order valence-corrected chi connectivity index (χ2v) is 6.41. The predicted molar refractivity (Wildman–Crippen MR) is 81.7 cm³/mol. The van der Waals surface area contributed by atoms with E-state index in [1.807, 2.05) is 0 Å². The molecule has 0 aromatic heterocycles. The van der Waals surface area contributed by atoms with Crippen LogP contribution in [0.5, 0.6) is 0 Å². The van der Waals surface area contributed by atoms with Gasteiger partial charge in [0, 0.05) is 25.8 Å². The highest BCUT2D eigenvalue weighted by atomic mass is 35.5. The van der Waals surface area contributed by atoms with Crippen molar-refractivity contribution in [3.63, 3.8) is 0 Å². The maximum Gasteiger partial charge on any atom is 0.244 e. The molecule has 0 amide bonds. The smallest absolute Gasteiger partial charge is 0.244 e. The van der Waals surface area contributed by atoms with Crippen LogP contribution in [0.25, 0.3) is 0 Å². The maximum absolute atomic E-state index is 12.5. The van der Waals surface area contributed by atoms with Gasteiger partial charge in [0.25, 0.3) is 0 Å². The summed E-state index contributed by atoms with van der Waals surface area (Å²) in [6, 6.07) is 4.46. The van der Waals surface area contributed by atoms with Crippen LogP contribution in [0.4, 0.5) is 0 Å². The lowest BCUT2D eigenvalue weighted by atomic mass is 10.2.